The van der Waals surface area contributed by atoms with Gasteiger partial charge >= 0.3 is 6.09 Å². The molecule has 1 heterocycles. The van der Waals surface area contributed by atoms with Gasteiger partial charge < -0.3 is 19.9 Å². The van der Waals surface area contributed by atoms with Gasteiger partial charge in [0.25, 0.3) is 5.91 Å². The highest BCUT2D eigenvalue weighted by molar-refractivity contribution is 5.95. The number of carbonyl (C=O) groups is 3. The first-order valence-corrected chi connectivity index (χ1v) is 9.46. The van der Waals surface area contributed by atoms with Crippen molar-refractivity contribution in [1.29, 1.82) is 0 Å². The predicted molar refractivity (Wildman–Crippen MR) is 103 cm³/mol. The standard InChI is InChI=1S/C20H29N3O4/c1-4-27-20(26)22-12-9-17(10-13-22)23(16(3)24)14-11-21-19(25)18-8-6-5-7-15(18)2/h5-8,17H,4,9-14H2,1-3H3,(H,21,25). The fourth-order valence-corrected chi connectivity index (χ4v) is 3.38. The van der Waals surface area contributed by atoms with Crippen molar-refractivity contribution >= 4 is 17.9 Å². The number of carbonyl (C=O) groups excluding carboxylic acids is 3. The van der Waals surface area contributed by atoms with E-state index in [1.807, 2.05) is 25.1 Å². The second-order valence-corrected chi connectivity index (χ2v) is 6.70. The molecule has 0 aromatic heterocycles. The van der Waals surface area contributed by atoms with Crippen molar-refractivity contribution in [2.75, 3.05) is 32.8 Å². The van der Waals surface area contributed by atoms with Crippen LogP contribution in [0.4, 0.5) is 4.79 Å². The summed E-state index contributed by atoms with van der Waals surface area (Å²) >= 11 is 0. The highest BCUT2D eigenvalue weighted by atomic mass is 16.6. The number of nitrogens with zero attached hydrogens (tertiary/aromatic N) is 2. The van der Waals surface area contributed by atoms with Crippen molar-refractivity contribution in [2.24, 2.45) is 0 Å². The van der Waals surface area contributed by atoms with E-state index >= 15 is 0 Å². The van der Waals surface area contributed by atoms with Crippen molar-refractivity contribution in [2.45, 2.75) is 39.7 Å². The molecule has 1 fully saturated rings. The van der Waals surface area contributed by atoms with Gasteiger partial charge in [-0.05, 0) is 38.3 Å². The number of rotatable bonds is 6. The van der Waals surface area contributed by atoms with Gasteiger partial charge in [-0.2, -0.15) is 0 Å². The van der Waals surface area contributed by atoms with E-state index in [9.17, 15) is 14.4 Å². The second kappa shape index (κ2) is 9.94. The molecule has 0 spiro atoms. The van der Waals surface area contributed by atoms with Crippen LogP contribution in [-0.2, 0) is 9.53 Å². The lowest BCUT2D eigenvalue weighted by atomic mass is 10.0. The average molecular weight is 375 g/mol. The van der Waals surface area contributed by atoms with E-state index < -0.39 is 0 Å². The minimum absolute atomic E-state index is 0.0188. The van der Waals surface area contributed by atoms with Crippen molar-refractivity contribution in [3.8, 4) is 0 Å². The van der Waals surface area contributed by atoms with Crippen LogP contribution in [0.15, 0.2) is 24.3 Å². The maximum Gasteiger partial charge on any atom is 0.409 e. The smallest absolute Gasteiger partial charge is 0.409 e. The van der Waals surface area contributed by atoms with E-state index in [1.165, 1.54) is 0 Å². The topological polar surface area (TPSA) is 79.0 Å². The van der Waals surface area contributed by atoms with Gasteiger partial charge in [-0.3, -0.25) is 9.59 Å². The third-order valence-electron chi connectivity index (χ3n) is 4.86. The largest absolute Gasteiger partial charge is 0.450 e. The quantitative estimate of drug-likeness (QED) is 0.827. The van der Waals surface area contributed by atoms with Crippen molar-refractivity contribution in [3.05, 3.63) is 35.4 Å². The lowest BCUT2D eigenvalue weighted by Crippen LogP contribution is -2.50. The molecule has 0 aliphatic carbocycles. The molecule has 0 unspecified atom stereocenters. The molecule has 1 N–H and O–H groups in total. The zero-order valence-corrected chi connectivity index (χ0v) is 16.4. The number of likely N-dealkylation sites (tertiary alicyclic amines) is 1. The van der Waals surface area contributed by atoms with Crippen LogP contribution in [0.1, 0.15) is 42.6 Å². The second-order valence-electron chi connectivity index (χ2n) is 6.70. The number of ether oxygens (including phenoxy) is 1. The lowest BCUT2D eigenvalue weighted by Gasteiger charge is -2.37. The summed E-state index contributed by atoms with van der Waals surface area (Å²) in [4.78, 5) is 39.6. The van der Waals surface area contributed by atoms with Gasteiger partial charge in [0.1, 0.15) is 0 Å². The third-order valence-corrected chi connectivity index (χ3v) is 4.86. The number of amides is 3. The highest BCUT2D eigenvalue weighted by Gasteiger charge is 2.28. The van der Waals surface area contributed by atoms with E-state index in [4.69, 9.17) is 4.74 Å². The number of hydrogen-bond acceptors (Lipinski definition) is 4. The molecule has 2 rings (SSSR count). The molecule has 0 bridgehead atoms. The number of hydrogen-bond donors (Lipinski definition) is 1. The third kappa shape index (κ3) is 5.70. The lowest BCUT2D eigenvalue weighted by molar-refractivity contribution is -0.131. The van der Waals surface area contributed by atoms with E-state index in [0.717, 1.165) is 5.56 Å². The molecular weight excluding hydrogens is 346 g/mol. The minimum Gasteiger partial charge on any atom is -0.450 e. The summed E-state index contributed by atoms with van der Waals surface area (Å²) < 4.78 is 5.03. The maximum atomic E-state index is 12.3. The van der Waals surface area contributed by atoms with Crippen LogP contribution < -0.4 is 5.32 Å². The maximum absolute atomic E-state index is 12.3. The van der Waals surface area contributed by atoms with Crippen LogP contribution in [0.3, 0.4) is 0 Å². The summed E-state index contributed by atoms with van der Waals surface area (Å²) in [6.45, 7) is 7.58. The van der Waals surface area contributed by atoms with Crippen LogP contribution >= 0.6 is 0 Å². The van der Waals surface area contributed by atoms with Crippen LogP contribution in [0.25, 0.3) is 0 Å². The molecule has 1 saturated heterocycles. The predicted octanol–water partition coefficient (Wildman–Crippen LogP) is 2.19. The van der Waals surface area contributed by atoms with Gasteiger partial charge in [0.15, 0.2) is 0 Å². The Bertz CT molecular complexity index is 669. The Balaban J connectivity index is 1.84. The monoisotopic (exact) mass is 375 g/mol. The van der Waals surface area contributed by atoms with Crippen LogP contribution in [-0.4, -0.2) is 66.5 Å². The van der Waals surface area contributed by atoms with Gasteiger partial charge in [0.2, 0.25) is 5.91 Å². The Morgan fingerprint density at radius 3 is 2.48 bits per heavy atom. The normalized spacial score (nSPS) is 14.6. The molecule has 148 valence electrons. The molecule has 7 nitrogen and oxygen atoms in total. The first kappa shape index (κ1) is 20.7. The molecule has 0 atom stereocenters. The molecule has 1 aliphatic heterocycles. The molecule has 1 aromatic rings. The van der Waals surface area contributed by atoms with Gasteiger partial charge in [-0.25, -0.2) is 4.79 Å². The van der Waals surface area contributed by atoms with Crippen LogP contribution in [0, 0.1) is 6.92 Å². The Kier molecular flexibility index (Phi) is 7.64. The molecule has 1 aromatic carbocycles. The summed E-state index contributed by atoms with van der Waals surface area (Å²) in [5, 5.41) is 2.89. The number of benzene rings is 1. The van der Waals surface area contributed by atoms with Crippen molar-refractivity contribution in [1.82, 2.24) is 15.1 Å². The van der Waals surface area contributed by atoms with E-state index in [2.05, 4.69) is 5.32 Å². The Morgan fingerprint density at radius 2 is 1.89 bits per heavy atom. The number of aryl methyl sites for hydroxylation is 1. The van der Waals surface area contributed by atoms with E-state index in [-0.39, 0.29) is 23.9 Å². The van der Waals surface area contributed by atoms with Gasteiger partial charge in [-0.15, -0.1) is 0 Å². The Hall–Kier alpha value is -2.57. The fraction of sp³-hybridized carbons (Fsp3) is 0.550. The zero-order chi connectivity index (χ0) is 19.8. The van der Waals surface area contributed by atoms with Gasteiger partial charge in [0.05, 0.1) is 6.61 Å². The summed E-state index contributed by atoms with van der Waals surface area (Å²) in [5.74, 6) is -0.150. The fourth-order valence-electron chi connectivity index (χ4n) is 3.38. The molecule has 3 amide bonds. The zero-order valence-electron chi connectivity index (χ0n) is 16.4. The first-order valence-electron chi connectivity index (χ1n) is 9.46. The van der Waals surface area contributed by atoms with E-state index in [1.54, 1.807) is 29.7 Å². The molecular formula is C20H29N3O4. The summed E-state index contributed by atoms with van der Waals surface area (Å²) in [6, 6.07) is 7.49. The molecule has 0 saturated carbocycles. The average Bonchev–Trinajstić information content (AvgIpc) is 2.65. The Labute approximate surface area is 160 Å². The number of nitrogens with one attached hydrogen (secondary N) is 1. The van der Waals surface area contributed by atoms with Crippen molar-refractivity contribution < 1.29 is 19.1 Å². The first-order chi connectivity index (χ1) is 12.9. The van der Waals surface area contributed by atoms with Crippen molar-refractivity contribution in [3.63, 3.8) is 0 Å². The highest BCUT2D eigenvalue weighted by Crippen LogP contribution is 2.17. The van der Waals surface area contributed by atoms with Gasteiger partial charge in [0, 0.05) is 44.7 Å². The molecule has 1 aliphatic rings. The van der Waals surface area contributed by atoms with Gasteiger partial charge in [-0.1, -0.05) is 18.2 Å². The molecule has 0 radical (unpaired) electrons. The number of piperidine rings is 1. The molecule has 7 heteroatoms. The Morgan fingerprint density at radius 1 is 1.22 bits per heavy atom. The van der Waals surface area contributed by atoms with Crippen LogP contribution in [0.5, 0.6) is 0 Å². The van der Waals surface area contributed by atoms with Crippen LogP contribution in [0.2, 0.25) is 0 Å². The SMILES string of the molecule is CCOC(=O)N1CCC(N(CCNC(=O)c2ccccc2C)C(C)=O)CC1. The van der Waals surface area contributed by atoms with E-state index in [0.29, 0.717) is 51.2 Å². The minimum atomic E-state index is -0.296. The molecule has 27 heavy (non-hydrogen) atoms. The summed E-state index contributed by atoms with van der Waals surface area (Å²) in [5.41, 5.74) is 1.57. The summed E-state index contributed by atoms with van der Waals surface area (Å²) in [7, 11) is 0. The summed E-state index contributed by atoms with van der Waals surface area (Å²) in [6.07, 6.45) is 1.13.